The van der Waals surface area contributed by atoms with E-state index in [0.29, 0.717) is 0 Å². The van der Waals surface area contributed by atoms with Crippen LogP contribution in [0, 0.1) is 0 Å². The van der Waals surface area contributed by atoms with E-state index >= 15 is 0 Å². The zero-order valence-corrected chi connectivity index (χ0v) is 15.0. The average Bonchev–Trinajstić information content (AvgIpc) is 3.06. The van der Waals surface area contributed by atoms with E-state index in [9.17, 15) is 4.79 Å². The molecule has 2 heterocycles. The topological polar surface area (TPSA) is 45.7 Å². The summed E-state index contributed by atoms with van der Waals surface area (Å²) in [6, 6.07) is 0.489. The molecular weight excluding hydrogens is 298 g/mol. The van der Waals surface area contributed by atoms with Gasteiger partial charge in [-0.1, -0.05) is 0 Å². The SMILES string of the molecule is C[C@@H](c1nccs1)N(C)C[C@H]1CCCN1C(=O)OC(C)(C)C. The van der Waals surface area contributed by atoms with Crippen molar-refractivity contribution in [3.05, 3.63) is 16.6 Å². The van der Waals surface area contributed by atoms with Gasteiger partial charge >= 0.3 is 6.09 Å². The summed E-state index contributed by atoms with van der Waals surface area (Å²) in [6.07, 6.45) is 3.73. The molecule has 2 rings (SSSR count). The van der Waals surface area contributed by atoms with E-state index in [4.69, 9.17) is 4.74 Å². The zero-order valence-electron chi connectivity index (χ0n) is 14.2. The molecule has 1 fully saturated rings. The predicted molar refractivity (Wildman–Crippen MR) is 89.1 cm³/mol. The van der Waals surface area contributed by atoms with Crippen molar-refractivity contribution in [1.82, 2.24) is 14.8 Å². The molecule has 0 aliphatic carbocycles. The van der Waals surface area contributed by atoms with Crippen LogP contribution in [0.2, 0.25) is 0 Å². The highest BCUT2D eigenvalue weighted by atomic mass is 32.1. The van der Waals surface area contributed by atoms with Gasteiger partial charge in [-0.15, -0.1) is 11.3 Å². The maximum Gasteiger partial charge on any atom is 0.410 e. The number of carbonyl (C=O) groups is 1. The molecular formula is C16H27N3O2S. The van der Waals surface area contributed by atoms with Crippen LogP contribution in [-0.4, -0.2) is 52.7 Å². The first-order valence-corrected chi connectivity index (χ1v) is 8.75. The number of aromatic nitrogens is 1. The van der Waals surface area contributed by atoms with Crippen LogP contribution < -0.4 is 0 Å². The summed E-state index contributed by atoms with van der Waals surface area (Å²) in [4.78, 5) is 20.9. The largest absolute Gasteiger partial charge is 0.444 e. The second-order valence-corrected chi connectivity index (χ2v) is 7.88. The molecule has 6 heteroatoms. The molecule has 0 unspecified atom stereocenters. The average molecular weight is 325 g/mol. The fourth-order valence-electron chi connectivity index (χ4n) is 2.71. The molecule has 22 heavy (non-hydrogen) atoms. The van der Waals surface area contributed by atoms with Crippen molar-refractivity contribution in [3.63, 3.8) is 0 Å². The van der Waals surface area contributed by atoms with Gasteiger partial charge in [0.15, 0.2) is 0 Å². The van der Waals surface area contributed by atoms with E-state index < -0.39 is 5.60 Å². The Labute approximate surface area is 137 Å². The Morgan fingerprint density at radius 2 is 2.32 bits per heavy atom. The van der Waals surface area contributed by atoms with Crippen LogP contribution in [-0.2, 0) is 4.74 Å². The smallest absolute Gasteiger partial charge is 0.410 e. The number of ether oxygens (including phenoxy) is 1. The van der Waals surface area contributed by atoms with Crippen molar-refractivity contribution in [3.8, 4) is 0 Å². The number of amides is 1. The van der Waals surface area contributed by atoms with Gasteiger partial charge in [0.2, 0.25) is 0 Å². The van der Waals surface area contributed by atoms with Crippen molar-refractivity contribution < 1.29 is 9.53 Å². The maximum absolute atomic E-state index is 12.3. The van der Waals surface area contributed by atoms with Crippen LogP contribution in [0.1, 0.15) is 51.6 Å². The van der Waals surface area contributed by atoms with Gasteiger partial charge in [-0.2, -0.15) is 0 Å². The molecule has 124 valence electrons. The minimum atomic E-state index is -0.440. The molecule has 5 nitrogen and oxygen atoms in total. The third-order valence-corrected chi connectivity index (χ3v) is 4.92. The van der Waals surface area contributed by atoms with Gasteiger partial charge in [0.1, 0.15) is 10.6 Å². The summed E-state index contributed by atoms with van der Waals surface area (Å²) in [5, 5.41) is 3.12. The molecule has 0 saturated carbocycles. The van der Waals surface area contributed by atoms with Gasteiger partial charge in [0.25, 0.3) is 0 Å². The minimum Gasteiger partial charge on any atom is -0.444 e. The molecule has 1 saturated heterocycles. The number of thiazole rings is 1. The summed E-state index contributed by atoms with van der Waals surface area (Å²) in [7, 11) is 2.09. The first-order valence-electron chi connectivity index (χ1n) is 7.87. The Morgan fingerprint density at radius 1 is 1.59 bits per heavy atom. The lowest BCUT2D eigenvalue weighted by Crippen LogP contribution is -2.44. The number of likely N-dealkylation sites (tertiary alicyclic amines) is 1. The number of hydrogen-bond donors (Lipinski definition) is 0. The van der Waals surface area contributed by atoms with Gasteiger partial charge in [-0.3, -0.25) is 4.90 Å². The van der Waals surface area contributed by atoms with Crippen molar-refractivity contribution >= 4 is 17.4 Å². The van der Waals surface area contributed by atoms with Gasteiger partial charge in [0, 0.05) is 30.7 Å². The maximum atomic E-state index is 12.3. The van der Waals surface area contributed by atoms with Crippen LogP contribution in [0.25, 0.3) is 0 Å². The molecule has 1 aliphatic rings. The Balaban J connectivity index is 1.94. The van der Waals surface area contributed by atoms with E-state index in [2.05, 4.69) is 23.9 Å². The Bertz CT molecular complexity index is 484. The second-order valence-electron chi connectivity index (χ2n) is 6.96. The van der Waals surface area contributed by atoms with E-state index in [1.807, 2.05) is 37.2 Å². The van der Waals surface area contributed by atoms with E-state index in [1.165, 1.54) is 0 Å². The lowest BCUT2D eigenvalue weighted by atomic mass is 10.2. The van der Waals surface area contributed by atoms with Crippen molar-refractivity contribution in [2.45, 2.75) is 58.2 Å². The number of rotatable bonds is 4. The monoisotopic (exact) mass is 325 g/mol. The van der Waals surface area contributed by atoms with Crippen molar-refractivity contribution in [2.24, 2.45) is 0 Å². The number of carbonyl (C=O) groups excluding carboxylic acids is 1. The second kappa shape index (κ2) is 6.96. The fraction of sp³-hybridized carbons (Fsp3) is 0.750. The molecule has 1 aliphatic heterocycles. The van der Waals surface area contributed by atoms with Gasteiger partial charge < -0.3 is 9.64 Å². The minimum absolute atomic E-state index is 0.190. The lowest BCUT2D eigenvalue weighted by molar-refractivity contribution is 0.0193. The molecule has 0 aromatic carbocycles. The fourth-order valence-corrected chi connectivity index (χ4v) is 3.47. The van der Waals surface area contributed by atoms with Gasteiger partial charge in [0.05, 0.1) is 6.04 Å². The van der Waals surface area contributed by atoms with Crippen LogP contribution in [0.3, 0.4) is 0 Å². The molecule has 0 bridgehead atoms. The van der Waals surface area contributed by atoms with Gasteiger partial charge in [-0.05, 0) is 47.6 Å². The van der Waals surface area contributed by atoms with Crippen LogP contribution in [0.15, 0.2) is 11.6 Å². The van der Waals surface area contributed by atoms with Crippen molar-refractivity contribution in [1.29, 1.82) is 0 Å². The van der Waals surface area contributed by atoms with Crippen LogP contribution in [0.4, 0.5) is 4.79 Å². The van der Waals surface area contributed by atoms with Crippen LogP contribution >= 0.6 is 11.3 Å². The molecule has 0 spiro atoms. The quantitative estimate of drug-likeness (QED) is 0.849. The van der Waals surface area contributed by atoms with E-state index in [-0.39, 0.29) is 18.2 Å². The number of likely N-dealkylation sites (N-methyl/N-ethyl adjacent to an activating group) is 1. The third kappa shape index (κ3) is 4.43. The Hall–Kier alpha value is -1.14. The standard InChI is InChI=1S/C16H27N3O2S/c1-12(14-17-8-10-22-14)18(5)11-13-7-6-9-19(13)15(20)21-16(2,3)4/h8,10,12-13H,6-7,9,11H2,1-5H3/t12-,13+/m0/s1. The summed E-state index contributed by atoms with van der Waals surface area (Å²) in [5.74, 6) is 0. The summed E-state index contributed by atoms with van der Waals surface area (Å²) < 4.78 is 5.52. The summed E-state index contributed by atoms with van der Waals surface area (Å²) in [6.45, 7) is 9.52. The lowest BCUT2D eigenvalue weighted by Gasteiger charge is -2.32. The normalized spacial score (nSPS) is 20.5. The van der Waals surface area contributed by atoms with E-state index in [1.54, 1.807) is 11.3 Å². The van der Waals surface area contributed by atoms with Crippen molar-refractivity contribution in [2.75, 3.05) is 20.1 Å². The third-order valence-electron chi connectivity index (χ3n) is 3.97. The first kappa shape index (κ1) is 17.2. The number of hydrogen-bond acceptors (Lipinski definition) is 5. The molecule has 1 aromatic rings. The molecule has 1 amide bonds. The summed E-state index contributed by atoms with van der Waals surface area (Å²) >= 11 is 1.67. The molecule has 0 radical (unpaired) electrons. The van der Waals surface area contributed by atoms with Gasteiger partial charge in [-0.25, -0.2) is 9.78 Å². The molecule has 2 atom stereocenters. The predicted octanol–water partition coefficient (Wildman–Crippen LogP) is 3.54. The first-order chi connectivity index (χ1) is 10.3. The van der Waals surface area contributed by atoms with Crippen LogP contribution in [0.5, 0.6) is 0 Å². The Kier molecular flexibility index (Phi) is 5.45. The Morgan fingerprint density at radius 3 is 2.91 bits per heavy atom. The zero-order chi connectivity index (χ0) is 16.3. The highest BCUT2D eigenvalue weighted by molar-refractivity contribution is 7.09. The highest BCUT2D eigenvalue weighted by Gasteiger charge is 2.33. The summed E-state index contributed by atoms with van der Waals surface area (Å²) in [5.41, 5.74) is -0.440. The highest BCUT2D eigenvalue weighted by Crippen LogP contribution is 2.25. The molecule has 0 N–H and O–H groups in total. The molecule has 1 aromatic heterocycles. The number of nitrogens with zero attached hydrogens (tertiary/aromatic N) is 3. The van der Waals surface area contributed by atoms with E-state index in [0.717, 1.165) is 30.9 Å².